The van der Waals surface area contributed by atoms with E-state index in [1.165, 1.54) is 16.9 Å². The molecule has 2 aromatic carbocycles. The molecule has 0 unspecified atom stereocenters. The highest BCUT2D eigenvalue weighted by molar-refractivity contribution is 7.16. The Bertz CT molecular complexity index is 922. The Morgan fingerprint density at radius 2 is 1.65 bits per heavy atom. The van der Waals surface area contributed by atoms with E-state index in [-0.39, 0.29) is 11.3 Å². The molecule has 0 aliphatic carbocycles. The van der Waals surface area contributed by atoms with Crippen molar-refractivity contribution < 1.29 is 4.79 Å². The first-order valence-corrected chi connectivity index (χ1v) is 9.59. The van der Waals surface area contributed by atoms with Crippen LogP contribution < -0.4 is 5.32 Å². The Balaban J connectivity index is 1.78. The predicted molar refractivity (Wildman–Crippen MR) is 110 cm³/mol. The number of hydrogen-bond acceptors (Lipinski definition) is 3. The van der Waals surface area contributed by atoms with Crippen molar-refractivity contribution in [3.63, 3.8) is 0 Å². The van der Waals surface area contributed by atoms with Gasteiger partial charge in [-0.1, -0.05) is 56.6 Å². The summed E-state index contributed by atoms with van der Waals surface area (Å²) >= 11 is 7.41. The smallest absolute Gasteiger partial charge is 0.257 e. The predicted octanol–water partition coefficient (Wildman–Crippen LogP) is 6.32. The summed E-state index contributed by atoms with van der Waals surface area (Å²) in [6.45, 7) is 8.45. The standard InChI is InChI=1S/C21H21ClN2OS/c1-13-18(14-7-11-17(22)12-8-14)23-20(26-13)24-19(25)15-5-9-16(10-6-15)21(2,3)4/h5-12H,1-4H3,(H,23,24,25). The first kappa shape index (κ1) is 18.6. The van der Waals surface area contributed by atoms with Gasteiger partial charge in [0.25, 0.3) is 5.91 Å². The van der Waals surface area contributed by atoms with Gasteiger partial charge in [-0.3, -0.25) is 10.1 Å². The van der Waals surface area contributed by atoms with Crippen LogP contribution in [0.4, 0.5) is 5.13 Å². The Morgan fingerprint density at radius 3 is 2.23 bits per heavy atom. The van der Waals surface area contributed by atoms with Crippen LogP contribution in [0.5, 0.6) is 0 Å². The van der Waals surface area contributed by atoms with Gasteiger partial charge in [0.2, 0.25) is 0 Å². The van der Waals surface area contributed by atoms with Gasteiger partial charge in [0.1, 0.15) is 0 Å². The molecule has 1 N–H and O–H groups in total. The zero-order valence-electron chi connectivity index (χ0n) is 15.3. The molecule has 0 bridgehead atoms. The Kier molecular flexibility index (Phi) is 5.17. The van der Waals surface area contributed by atoms with Crippen molar-refractivity contribution in [1.29, 1.82) is 0 Å². The third-order valence-corrected chi connectivity index (χ3v) is 5.29. The molecule has 5 heteroatoms. The van der Waals surface area contributed by atoms with E-state index in [0.717, 1.165) is 16.1 Å². The molecule has 0 fully saturated rings. The van der Waals surface area contributed by atoms with Crippen molar-refractivity contribution in [2.75, 3.05) is 5.32 Å². The minimum absolute atomic E-state index is 0.0644. The number of carbonyl (C=O) groups excluding carboxylic acids is 1. The van der Waals surface area contributed by atoms with Crippen molar-refractivity contribution >= 4 is 34.0 Å². The summed E-state index contributed by atoms with van der Waals surface area (Å²) in [5.74, 6) is -0.151. The fraction of sp³-hybridized carbons (Fsp3) is 0.238. The lowest BCUT2D eigenvalue weighted by atomic mass is 9.87. The first-order valence-electron chi connectivity index (χ1n) is 8.39. The highest BCUT2D eigenvalue weighted by atomic mass is 35.5. The van der Waals surface area contributed by atoms with Crippen LogP contribution in [0.15, 0.2) is 48.5 Å². The normalized spacial score (nSPS) is 11.4. The zero-order valence-corrected chi connectivity index (χ0v) is 16.8. The molecule has 1 aromatic heterocycles. The molecular weight excluding hydrogens is 364 g/mol. The largest absolute Gasteiger partial charge is 0.298 e. The van der Waals surface area contributed by atoms with Gasteiger partial charge in [-0.25, -0.2) is 4.98 Å². The third-order valence-electron chi connectivity index (χ3n) is 4.15. The number of aromatic nitrogens is 1. The number of anilines is 1. The van der Waals surface area contributed by atoms with Crippen LogP contribution in [0.3, 0.4) is 0 Å². The van der Waals surface area contributed by atoms with E-state index in [2.05, 4.69) is 31.1 Å². The number of benzene rings is 2. The fourth-order valence-corrected chi connectivity index (χ4v) is 3.57. The van der Waals surface area contributed by atoms with E-state index in [1.54, 1.807) is 0 Å². The van der Waals surface area contributed by atoms with Crippen molar-refractivity contribution in [1.82, 2.24) is 4.98 Å². The molecule has 1 amide bonds. The van der Waals surface area contributed by atoms with Crippen LogP contribution in [-0.2, 0) is 5.41 Å². The van der Waals surface area contributed by atoms with Gasteiger partial charge in [-0.15, -0.1) is 11.3 Å². The summed E-state index contributed by atoms with van der Waals surface area (Å²) in [6.07, 6.45) is 0. The molecule has 0 saturated carbocycles. The average molecular weight is 385 g/mol. The molecular formula is C21H21ClN2OS. The van der Waals surface area contributed by atoms with Crippen LogP contribution in [-0.4, -0.2) is 10.9 Å². The highest BCUT2D eigenvalue weighted by Crippen LogP contribution is 2.31. The van der Waals surface area contributed by atoms with Crippen LogP contribution >= 0.6 is 22.9 Å². The molecule has 0 saturated heterocycles. The molecule has 0 aliphatic heterocycles. The number of amides is 1. The van der Waals surface area contributed by atoms with E-state index in [0.29, 0.717) is 15.7 Å². The molecule has 3 aromatic rings. The second-order valence-corrected chi connectivity index (χ2v) is 8.85. The summed E-state index contributed by atoms with van der Waals surface area (Å²) in [6, 6.07) is 15.3. The number of halogens is 1. The number of nitrogens with zero attached hydrogens (tertiary/aromatic N) is 1. The fourth-order valence-electron chi connectivity index (χ4n) is 2.62. The van der Waals surface area contributed by atoms with E-state index in [9.17, 15) is 4.79 Å². The van der Waals surface area contributed by atoms with Crippen LogP contribution in [0, 0.1) is 6.92 Å². The molecule has 0 spiro atoms. The third kappa shape index (κ3) is 4.14. The summed E-state index contributed by atoms with van der Waals surface area (Å²) in [5, 5.41) is 4.18. The maximum Gasteiger partial charge on any atom is 0.257 e. The SMILES string of the molecule is Cc1sc(NC(=O)c2ccc(C(C)(C)C)cc2)nc1-c1ccc(Cl)cc1. The number of rotatable bonds is 3. The van der Waals surface area contributed by atoms with Crippen molar-refractivity contribution in [2.24, 2.45) is 0 Å². The summed E-state index contributed by atoms with van der Waals surface area (Å²) in [7, 11) is 0. The Labute approximate surface area is 163 Å². The van der Waals surface area contributed by atoms with Gasteiger partial charge in [-0.2, -0.15) is 0 Å². The molecule has 26 heavy (non-hydrogen) atoms. The van der Waals surface area contributed by atoms with Crippen molar-refractivity contribution in [3.8, 4) is 11.3 Å². The van der Waals surface area contributed by atoms with Crippen LogP contribution in [0.1, 0.15) is 41.6 Å². The number of hydrogen-bond donors (Lipinski definition) is 1. The number of carbonyl (C=O) groups is 1. The summed E-state index contributed by atoms with van der Waals surface area (Å²) in [4.78, 5) is 18.1. The average Bonchev–Trinajstić information content (AvgIpc) is 2.95. The molecule has 1 heterocycles. The highest BCUT2D eigenvalue weighted by Gasteiger charge is 2.16. The minimum atomic E-state index is -0.151. The van der Waals surface area contributed by atoms with E-state index in [1.807, 2.05) is 55.5 Å². The van der Waals surface area contributed by atoms with Gasteiger partial charge in [0.05, 0.1) is 5.69 Å². The maximum atomic E-state index is 12.5. The van der Waals surface area contributed by atoms with Gasteiger partial charge >= 0.3 is 0 Å². The quantitative estimate of drug-likeness (QED) is 0.573. The second-order valence-electron chi connectivity index (χ2n) is 7.21. The molecule has 3 rings (SSSR count). The number of aryl methyl sites for hydroxylation is 1. The lowest BCUT2D eigenvalue weighted by Gasteiger charge is -2.18. The molecule has 3 nitrogen and oxygen atoms in total. The molecule has 0 radical (unpaired) electrons. The van der Waals surface area contributed by atoms with Gasteiger partial charge < -0.3 is 0 Å². The summed E-state index contributed by atoms with van der Waals surface area (Å²) in [5.41, 5.74) is 3.74. The van der Waals surface area contributed by atoms with E-state index < -0.39 is 0 Å². The van der Waals surface area contributed by atoms with Crippen LogP contribution in [0.2, 0.25) is 5.02 Å². The zero-order chi connectivity index (χ0) is 18.9. The van der Waals surface area contributed by atoms with E-state index >= 15 is 0 Å². The van der Waals surface area contributed by atoms with Gasteiger partial charge in [0, 0.05) is 21.0 Å². The summed E-state index contributed by atoms with van der Waals surface area (Å²) < 4.78 is 0. The van der Waals surface area contributed by atoms with Gasteiger partial charge in [-0.05, 0) is 42.2 Å². The lowest BCUT2D eigenvalue weighted by Crippen LogP contribution is -2.14. The molecule has 134 valence electrons. The van der Waals surface area contributed by atoms with Gasteiger partial charge in [0.15, 0.2) is 5.13 Å². The topological polar surface area (TPSA) is 42.0 Å². The molecule has 0 atom stereocenters. The van der Waals surface area contributed by atoms with Crippen molar-refractivity contribution in [3.05, 3.63) is 69.6 Å². The number of thiazole rings is 1. The minimum Gasteiger partial charge on any atom is -0.298 e. The second kappa shape index (κ2) is 7.22. The van der Waals surface area contributed by atoms with Crippen molar-refractivity contribution in [2.45, 2.75) is 33.1 Å². The Hall–Kier alpha value is -2.17. The monoisotopic (exact) mass is 384 g/mol. The Morgan fingerprint density at radius 1 is 1.04 bits per heavy atom. The van der Waals surface area contributed by atoms with Crippen LogP contribution in [0.25, 0.3) is 11.3 Å². The lowest BCUT2D eigenvalue weighted by molar-refractivity contribution is 0.102. The molecule has 0 aliphatic rings. The number of nitrogens with one attached hydrogen (secondary N) is 1. The van der Waals surface area contributed by atoms with E-state index in [4.69, 9.17) is 11.6 Å². The first-order chi connectivity index (χ1) is 12.2. The maximum absolute atomic E-state index is 12.5.